The third kappa shape index (κ3) is 4.54. The third-order valence-corrected chi connectivity index (χ3v) is 4.63. The van der Waals surface area contributed by atoms with Crippen molar-refractivity contribution in [1.29, 1.82) is 0 Å². The molecule has 1 saturated heterocycles. The molecule has 0 amide bonds. The van der Waals surface area contributed by atoms with Gasteiger partial charge in [0, 0.05) is 0 Å². The summed E-state index contributed by atoms with van der Waals surface area (Å²) < 4.78 is 10.1. The molecule has 1 unspecified atom stereocenters. The zero-order valence-corrected chi connectivity index (χ0v) is 15.3. The van der Waals surface area contributed by atoms with Crippen molar-refractivity contribution < 1.29 is 34.7 Å². The first-order chi connectivity index (χ1) is 13.9. The number of ether oxygens (including phenoxy) is 1. The number of hydrogen-bond donors (Lipinski definition) is 5. The van der Waals surface area contributed by atoms with Gasteiger partial charge in [-0.2, -0.15) is 0 Å². The van der Waals surface area contributed by atoms with Crippen molar-refractivity contribution in [2.75, 3.05) is 6.61 Å². The van der Waals surface area contributed by atoms with Crippen molar-refractivity contribution in [1.82, 2.24) is 0 Å². The van der Waals surface area contributed by atoms with Crippen molar-refractivity contribution in [3.63, 3.8) is 0 Å². The lowest BCUT2D eigenvalue weighted by Gasteiger charge is -2.37. The maximum Gasteiger partial charge on any atom is 0.200 e. The molecule has 0 aliphatic carbocycles. The zero-order valence-electron chi connectivity index (χ0n) is 15.3. The highest BCUT2D eigenvalue weighted by Crippen LogP contribution is 2.20. The molecule has 2 heterocycles. The molecule has 154 valence electrons. The summed E-state index contributed by atoms with van der Waals surface area (Å²) in [5, 5.41) is 45.3. The molecule has 1 fully saturated rings. The van der Waals surface area contributed by atoms with Gasteiger partial charge < -0.3 is 34.7 Å². The van der Waals surface area contributed by atoms with E-state index >= 15 is 0 Å². The second kappa shape index (κ2) is 9.27. The Morgan fingerprint density at radius 2 is 1.48 bits per heavy atom. The van der Waals surface area contributed by atoms with Crippen LogP contribution in [0.3, 0.4) is 0 Å². The summed E-state index contributed by atoms with van der Waals surface area (Å²) in [6.45, 7) is -0.526. The van der Waals surface area contributed by atoms with E-state index in [9.17, 15) is 4.79 Å². The minimum absolute atomic E-state index is 0.0121. The molecular formula is C21H22O8. The molecule has 1 aromatic heterocycles. The number of fused-ring (bicyclic) bond motifs is 1. The van der Waals surface area contributed by atoms with E-state index in [2.05, 4.69) is 4.74 Å². The minimum atomic E-state index is -1.57. The van der Waals surface area contributed by atoms with Gasteiger partial charge in [0.15, 0.2) is 11.7 Å². The van der Waals surface area contributed by atoms with Gasteiger partial charge >= 0.3 is 0 Å². The maximum absolute atomic E-state index is 12.3. The van der Waals surface area contributed by atoms with E-state index in [-0.39, 0.29) is 5.43 Å². The van der Waals surface area contributed by atoms with Gasteiger partial charge in [-0.05, 0) is 17.7 Å². The van der Waals surface area contributed by atoms with Gasteiger partial charge in [-0.1, -0.05) is 42.5 Å². The maximum atomic E-state index is 12.3. The highest BCUT2D eigenvalue weighted by atomic mass is 16.6. The summed E-state index contributed by atoms with van der Waals surface area (Å²) in [4.78, 5) is 12.3. The van der Waals surface area contributed by atoms with Crippen LogP contribution in [0.15, 0.2) is 70.1 Å². The van der Waals surface area contributed by atoms with Crippen molar-refractivity contribution in [3.8, 4) is 11.1 Å². The normalized spacial score (nSPS) is 26.6. The largest absolute Gasteiger partial charge is 0.463 e. The lowest BCUT2D eigenvalue weighted by Crippen LogP contribution is -2.58. The molecule has 1 aliphatic rings. The lowest BCUT2D eigenvalue weighted by molar-refractivity contribution is -0.286. The summed E-state index contributed by atoms with van der Waals surface area (Å²) in [5.41, 5.74) is 2.12. The minimum Gasteiger partial charge on any atom is -0.463 e. The van der Waals surface area contributed by atoms with E-state index in [1.807, 2.05) is 42.5 Å². The van der Waals surface area contributed by atoms with E-state index in [4.69, 9.17) is 29.9 Å². The number of hydrogen-bond acceptors (Lipinski definition) is 8. The molecule has 29 heavy (non-hydrogen) atoms. The first-order valence-corrected chi connectivity index (χ1v) is 8.98. The number of aliphatic hydroxyl groups is 5. The van der Waals surface area contributed by atoms with Crippen LogP contribution in [-0.2, 0) is 4.74 Å². The Morgan fingerprint density at radius 3 is 2.17 bits per heavy atom. The summed E-state index contributed by atoms with van der Waals surface area (Å²) in [6, 6.07) is 16.8. The molecule has 2 aromatic carbocycles. The fourth-order valence-electron chi connectivity index (χ4n) is 2.98. The van der Waals surface area contributed by atoms with Crippen LogP contribution >= 0.6 is 0 Å². The highest BCUT2D eigenvalue weighted by molar-refractivity contribution is 5.81. The predicted octanol–water partition coefficient (Wildman–Crippen LogP) is 0.239. The molecule has 0 spiro atoms. The van der Waals surface area contributed by atoms with E-state index in [0.29, 0.717) is 16.5 Å². The lowest BCUT2D eigenvalue weighted by atomic mass is 10.00. The van der Waals surface area contributed by atoms with E-state index in [1.54, 1.807) is 12.1 Å². The van der Waals surface area contributed by atoms with Gasteiger partial charge in [0.25, 0.3) is 0 Å². The summed E-state index contributed by atoms with van der Waals surface area (Å²) in [7, 11) is 0. The number of benzene rings is 2. The Balaban J connectivity index is 0.000000177. The second-order valence-electron chi connectivity index (χ2n) is 6.56. The Morgan fingerprint density at radius 1 is 0.828 bits per heavy atom. The van der Waals surface area contributed by atoms with Crippen LogP contribution in [0.25, 0.3) is 22.1 Å². The number of rotatable bonds is 2. The van der Waals surface area contributed by atoms with Crippen LogP contribution in [0.5, 0.6) is 0 Å². The summed E-state index contributed by atoms with van der Waals surface area (Å²) in [5.74, 6) is 0. The van der Waals surface area contributed by atoms with E-state index < -0.39 is 37.3 Å². The van der Waals surface area contributed by atoms with Gasteiger partial charge in [-0.3, -0.25) is 4.79 Å². The fraction of sp³-hybridized carbons (Fsp3) is 0.286. The Bertz CT molecular complexity index is 982. The van der Waals surface area contributed by atoms with Crippen LogP contribution in [0.1, 0.15) is 0 Å². The smallest absolute Gasteiger partial charge is 0.200 e. The van der Waals surface area contributed by atoms with Crippen LogP contribution < -0.4 is 5.43 Å². The van der Waals surface area contributed by atoms with Crippen LogP contribution in [0.2, 0.25) is 0 Å². The molecule has 8 nitrogen and oxygen atoms in total. The molecule has 8 heteroatoms. The Kier molecular flexibility index (Phi) is 6.75. The average Bonchev–Trinajstić information content (AvgIpc) is 2.76. The summed E-state index contributed by atoms with van der Waals surface area (Å²) >= 11 is 0. The zero-order chi connectivity index (χ0) is 21.0. The monoisotopic (exact) mass is 402 g/mol. The van der Waals surface area contributed by atoms with Crippen molar-refractivity contribution in [2.24, 2.45) is 0 Å². The molecule has 1 aliphatic heterocycles. The van der Waals surface area contributed by atoms with E-state index in [1.165, 1.54) is 6.26 Å². The summed E-state index contributed by atoms with van der Waals surface area (Å²) in [6.07, 6.45) is -5.51. The van der Waals surface area contributed by atoms with Crippen LogP contribution in [-0.4, -0.2) is 62.8 Å². The molecule has 0 bridgehead atoms. The Labute approximate surface area is 165 Å². The first kappa shape index (κ1) is 21.1. The van der Waals surface area contributed by atoms with Gasteiger partial charge in [0.1, 0.15) is 36.3 Å². The molecule has 0 saturated carbocycles. The quantitative estimate of drug-likeness (QED) is 0.411. The molecule has 4 rings (SSSR count). The van der Waals surface area contributed by atoms with Gasteiger partial charge in [-0.15, -0.1) is 0 Å². The second-order valence-corrected chi connectivity index (χ2v) is 6.56. The van der Waals surface area contributed by atoms with Crippen LogP contribution in [0, 0.1) is 0 Å². The molecule has 3 aromatic rings. The molecule has 5 atom stereocenters. The third-order valence-electron chi connectivity index (χ3n) is 4.63. The first-order valence-electron chi connectivity index (χ1n) is 8.98. The predicted molar refractivity (Wildman–Crippen MR) is 104 cm³/mol. The van der Waals surface area contributed by atoms with E-state index in [0.717, 1.165) is 5.56 Å². The standard InChI is InChI=1S/C15H10O2.C6H12O6/c16-15-12-8-4-5-9-14(12)17-10-13(15)11-6-2-1-3-7-11;7-1-2-3(8)4(9)5(10)6(11)12-2/h1-10H;2-11H,1H2/t;2-,3-,4+,5-,6?/m.1/s1. The van der Waals surface area contributed by atoms with Gasteiger partial charge in [0.2, 0.25) is 0 Å². The molecule has 5 N–H and O–H groups in total. The van der Waals surface area contributed by atoms with Crippen molar-refractivity contribution in [3.05, 3.63) is 71.1 Å². The highest BCUT2D eigenvalue weighted by Gasteiger charge is 2.42. The van der Waals surface area contributed by atoms with Gasteiger partial charge in [-0.25, -0.2) is 0 Å². The number of para-hydroxylation sites is 1. The SMILES string of the molecule is O=c1c(-c2ccccc2)coc2ccccc12.OC[C@H]1OC(O)[C@H](O)[C@@H](O)[C@@H]1O. The number of aliphatic hydroxyl groups excluding tert-OH is 5. The van der Waals surface area contributed by atoms with Crippen LogP contribution in [0.4, 0.5) is 0 Å². The Hall–Kier alpha value is -2.59. The fourth-order valence-corrected chi connectivity index (χ4v) is 2.98. The van der Waals surface area contributed by atoms with Gasteiger partial charge in [0.05, 0.1) is 17.6 Å². The topological polar surface area (TPSA) is 141 Å². The van der Waals surface area contributed by atoms with Crippen molar-refractivity contribution in [2.45, 2.75) is 30.7 Å². The van der Waals surface area contributed by atoms with Crippen molar-refractivity contribution >= 4 is 11.0 Å². The average molecular weight is 402 g/mol. The molecular weight excluding hydrogens is 380 g/mol. The molecule has 0 radical (unpaired) electrons.